The molecule has 1 aromatic heterocycles. The number of nitrogens with one attached hydrogen (secondary N) is 1. The topological polar surface area (TPSA) is 61.3 Å². The number of aryl methyl sites for hydroxylation is 1. The lowest BCUT2D eigenvalue weighted by Gasteiger charge is -2.34. The Bertz CT molecular complexity index is 390. The molecule has 0 bridgehead atoms. The van der Waals surface area contributed by atoms with Gasteiger partial charge in [0.25, 0.3) is 0 Å². The smallest absolute Gasteiger partial charge is 0.224 e. The van der Waals surface area contributed by atoms with Gasteiger partial charge in [-0.15, -0.1) is 0 Å². The molecule has 1 aliphatic rings. The molecular weight excluding hydrogens is 216 g/mol. The lowest BCUT2D eigenvalue weighted by molar-refractivity contribution is 0.0464. The van der Waals surface area contributed by atoms with Gasteiger partial charge < -0.3 is 15.3 Å². The molecule has 1 saturated carbocycles. The van der Waals surface area contributed by atoms with Crippen LogP contribution >= 0.6 is 0 Å². The summed E-state index contributed by atoms with van der Waals surface area (Å²) in [5.74, 6) is 2.17. The van der Waals surface area contributed by atoms with Crippen LogP contribution in [-0.4, -0.2) is 41.8 Å². The van der Waals surface area contributed by atoms with Crippen molar-refractivity contribution in [1.29, 1.82) is 0 Å². The van der Waals surface area contributed by atoms with Crippen LogP contribution in [0.1, 0.15) is 18.5 Å². The number of aliphatic hydroxyl groups is 1. The van der Waals surface area contributed by atoms with Gasteiger partial charge in [-0.1, -0.05) is 0 Å². The second-order valence-corrected chi connectivity index (χ2v) is 4.81. The van der Waals surface area contributed by atoms with Gasteiger partial charge in [-0.3, -0.25) is 0 Å². The van der Waals surface area contributed by atoms with Crippen LogP contribution in [0.4, 0.5) is 11.8 Å². The molecular formula is C12H20N4O. The summed E-state index contributed by atoms with van der Waals surface area (Å²) < 4.78 is 0. The summed E-state index contributed by atoms with van der Waals surface area (Å²) in [6.45, 7) is 2.91. The second kappa shape index (κ2) is 4.87. The SMILES string of the molecule is CNc1nc(C)cc(N(C)CC2CC(O)C2)n1. The van der Waals surface area contributed by atoms with Crippen molar-refractivity contribution in [2.24, 2.45) is 5.92 Å². The Labute approximate surface area is 102 Å². The summed E-state index contributed by atoms with van der Waals surface area (Å²) in [6, 6.07) is 1.98. The van der Waals surface area contributed by atoms with Gasteiger partial charge in [0, 0.05) is 32.4 Å². The van der Waals surface area contributed by atoms with Crippen LogP contribution in [0.15, 0.2) is 6.07 Å². The fourth-order valence-corrected chi connectivity index (χ4v) is 2.19. The van der Waals surface area contributed by atoms with E-state index in [-0.39, 0.29) is 6.10 Å². The zero-order valence-electron chi connectivity index (χ0n) is 10.6. The summed E-state index contributed by atoms with van der Waals surface area (Å²) in [4.78, 5) is 10.8. The molecule has 2 N–H and O–H groups in total. The molecule has 0 saturated heterocycles. The molecule has 1 aromatic rings. The predicted octanol–water partition coefficient (Wildman–Crippen LogP) is 1.03. The first-order chi connectivity index (χ1) is 8.08. The lowest BCUT2D eigenvalue weighted by Crippen LogP contribution is -2.37. The maximum atomic E-state index is 9.27. The molecule has 94 valence electrons. The van der Waals surface area contributed by atoms with Gasteiger partial charge in [0.2, 0.25) is 5.95 Å². The van der Waals surface area contributed by atoms with Crippen LogP contribution in [0, 0.1) is 12.8 Å². The van der Waals surface area contributed by atoms with Crippen molar-refractivity contribution in [3.8, 4) is 0 Å². The Hall–Kier alpha value is -1.36. The van der Waals surface area contributed by atoms with Crippen LogP contribution < -0.4 is 10.2 Å². The van der Waals surface area contributed by atoms with Gasteiger partial charge in [0.05, 0.1) is 6.10 Å². The minimum absolute atomic E-state index is 0.0894. The fourth-order valence-electron chi connectivity index (χ4n) is 2.19. The number of hydrogen-bond acceptors (Lipinski definition) is 5. The Kier molecular flexibility index (Phi) is 3.47. The minimum Gasteiger partial charge on any atom is -0.393 e. The summed E-state index contributed by atoms with van der Waals surface area (Å²) in [7, 11) is 3.85. The summed E-state index contributed by atoms with van der Waals surface area (Å²) in [5, 5.41) is 12.2. The predicted molar refractivity (Wildman–Crippen MR) is 68.3 cm³/mol. The van der Waals surface area contributed by atoms with Crippen LogP contribution in [0.5, 0.6) is 0 Å². The molecule has 1 aliphatic carbocycles. The van der Waals surface area contributed by atoms with Crippen molar-refractivity contribution in [1.82, 2.24) is 9.97 Å². The Morgan fingerprint density at radius 2 is 2.18 bits per heavy atom. The molecule has 0 aliphatic heterocycles. The minimum atomic E-state index is -0.0894. The first kappa shape index (κ1) is 12.1. The lowest BCUT2D eigenvalue weighted by atomic mass is 9.82. The van der Waals surface area contributed by atoms with Crippen LogP contribution in [0.3, 0.4) is 0 Å². The summed E-state index contributed by atoms with van der Waals surface area (Å²) in [5.41, 5.74) is 0.958. The monoisotopic (exact) mass is 236 g/mol. The average molecular weight is 236 g/mol. The van der Waals surface area contributed by atoms with Crippen molar-refractivity contribution in [3.05, 3.63) is 11.8 Å². The van der Waals surface area contributed by atoms with E-state index < -0.39 is 0 Å². The largest absolute Gasteiger partial charge is 0.393 e. The Morgan fingerprint density at radius 3 is 2.76 bits per heavy atom. The highest BCUT2D eigenvalue weighted by Gasteiger charge is 2.28. The Morgan fingerprint density at radius 1 is 1.47 bits per heavy atom. The third-order valence-electron chi connectivity index (χ3n) is 3.20. The van der Waals surface area contributed by atoms with Crippen molar-refractivity contribution in [2.45, 2.75) is 25.9 Å². The van der Waals surface area contributed by atoms with E-state index in [2.05, 4.69) is 20.2 Å². The highest BCUT2D eigenvalue weighted by molar-refractivity contribution is 5.43. The van der Waals surface area contributed by atoms with Crippen LogP contribution in [0.2, 0.25) is 0 Å². The van der Waals surface area contributed by atoms with E-state index in [4.69, 9.17) is 0 Å². The van der Waals surface area contributed by atoms with Crippen molar-refractivity contribution < 1.29 is 5.11 Å². The maximum absolute atomic E-state index is 9.27. The van der Waals surface area contributed by atoms with E-state index in [9.17, 15) is 5.11 Å². The number of aliphatic hydroxyl groups excluding tert-OH is 1. The quantitative estimate of drug-likeness (QED) is 0.817. The molecule has 0 atom stereocenters. The molecule has 5 heteroatoms. The first-order valence-corrected chi connectivity index (χ1v) is 6.01. The number of rotatable bonds is 4. The van der Waals surface area contributed by atoms with Crippen LogP contribution in [0.25, 0.3) is 0 Å². The molecule has 17 heavy (non-hydrogen) atoms. The highest BCUT2D eigenvalue weighted by atomic mass is 16.3. The van der Waals surface area contributed by atoms with E-state index >= 15 is 0 Å². The maximum Gasteiger partial charge on any atom is 0.224 e. The van der Waals surface area contributed by atoms with Gasteiger partial charge in [-0.05, 0) is 25.7 Å². The molecule has 0 aromatic carbocycles. The molecule has 5 nitrogen and oxygen atoms in total. The molecule has 2 rings (SSSR count). The van der Waals surface area contributed by atoms with E-state index in [1.165, 1.54) is 0 Å². The molecule has 0 unspecified atom stereocenters. The first-order valence-electron chi connectivity index (χ1n) is 6.01. The van der Waals surface area contributed by atoms with E-state index in [0.717, 1.165) is 30.9 Å². The van der Waals surface area contributed by atoms with E-state index in [1.54, 1.807) is 0 Å². The second-order valence-electron chi connectivity index (χ2n) is 4.81. The zero-order valence-corrected chi connectivity index (χ0v) is 10.6. The van der Waals surface area contributed by atoms with E-state index in [1.807, 2.05) is 27.1 Å². The van der Waals surface area contributed by atoms with Gasteiger partial charge in [-0.25, -0.2) is 4.98 Å². The number of hydrogen-bond donors (Lipinski definition) is 2. The number of anilines is 2. The van der Waals surface area contributed by atoms with Gasteiger partial charge in [0.15, 0.2) is 0 Å². The number of aromatic nitrogens is 2. The molecule has 1 fully saturated rings. The average Bonchev–Trinajstić information content (AvgIpc) is 2.26. The number of nitrogens with zero attached hydrogens (tertiary/aromatic N) is 3. The van der Waals surface area contributed by atoms with Gasteiger partial charge >= 0.3 is 0 Å². The molecule has 1 heterocycles. The van der Waals surface area contributed by atoms with Crippen molar-refractivity contribution >= 4 is 11.8 Å². The third-order valence-corrected chi connectivity index (χ3v) is 3.20. The van der Waals surface area contributed by atoms with Crippen LogP contribution in [-0.2, 0) is 0 Å². The molecule has 0 amide bonds. The zero-order chi connectivity index (χ0) is 12.4. The summed E-state index contributed by atoms with van der Waals surface area (Å²) in [6.07, 6.45) is 1.73. The fraction of sp³-hybridized carbons (Fsp3) is 0.667. The molecule has 0 spiro atoms. The van der Waals surface area contributed by atoms with Crippen molar-refractivity contribution in [3.63, 3.8) is 0 Å². The van der Waals surface area contributed by atoms with E-state index in [0.29, 0.717) is 11.9 Å². The molecule has 0 radical (unpaired) electrons. The van der Waals surface area contributed by atoms with Gasteiger partial charge in [-0.2, -0.15) is 4.98 Å². The third kappa shape index (κ3) is 2.85. The standard InChI is InChI=1S/C12H20N4O/c1-8-4-11(15-12(13-2)14-8)16(3)7-9-5-10(17)6-9/h4,9-10,17H,5-7H2,1-3H3,(H,13,14,15). The normalized spacial score (nSPS) is 23.1. The Balaban J connectivity index is 2.02. The van der Waals surface area contributed by atoms with Crippen molar-refractivity contribution in [2.75, 3.05) is 30.9 Å². The highest BCUT2D eigenvalue weighted by Crippen LogP contribution is 2.28. The van der Waals surface area contributed by atoms with Gasteiger partial charge in [0.1, 0.15) is 5.82 Å². The summed E-state index contributed by atoms with van der Waals surface area (Å²) >= 11 is 0.